The van der Waals surface area contributed by atoms with E-state index in [2.05, 4.69) is 31.1 Å². The van der Waals surface area contributed by atoms with Crippen LogP contribution in [0.1, 0.15) is 6.42 Å². The summed E-state index contributed by atoms with van der Waals surface area (Å²) >= 11 is 3.33. The van der Waals surface area contributed by atoms with Crippen LogP contribution in [-0.4, -0.2) is 35.3 Å². The van der Waals surface area contributed by atoms with E-state index in [0.717, 1.165) is 23.3 Å². The number of halogens is 1. The Morgan fingerprint density at radius 3 is 3.06 bits per heavy atom. The van der Waals surface area contributed by atoms with E-state index >= 15 is 0 Å². The molecule has 1 amide bonds. The van der Waals surface area contributed by atoms with Gasteiger partial charge in [0.2, 0.25) is 0 Å². The van der Waals surface area contributed by atoms with Crippen molar-refractivity contribution in [2.75, 3.05) is 18.0 Å². The van der Waals surface area contributed by atoms with E-state index in [0.29, 0.717) is 6.54 Å². The molecule has 0 aromatic carbocycles. The van der Waals surface area contributed by atoms with E-state index < -0.39 is 6.09 Å². The summed E-state index contributed by atoms with van der Waals surface area (Å²) < 4.78 is 0.940. The van der Waals surface area contributed by atoms with E-state index in [4.69, 9.17) is 5.11 Å². The summed E-state index contributed by atoms with van der Waals surface area (Å²) in [5.74, 6) is 0.887. The lowest BCUT2D eigenvalue weighted by atomic mass is 10.3. The van der Waals surface area contributed by atoms with E-state index in [-0.39, 0.29) is 6.04 Å². The number of pyridine rings is 1. The molecule has 1 atom stereocenters. The smallest absolute Gasteiger partial charge is 0.404 e. The molecular weight excluding hydrogens is 274 g/mol. The lowest BCUT2D eigenvalue weighted by Gasteiger charge is -2.17. The molecule has 1 aromatic rings. The van der Waals surface area contributed by atoms with Gasteiger partial charge in [-0.15, -0.1) is 0 Å². The molecule has 6 heteroatoms. The topological polar surface area (TPSA) is 65.5 Å². The van der Waals surface area contributed by atoms with Crippen molar-refractivity contribution in [1.82, 2.24) is 10.3 Å². The van der Waals surface area contributed by atoms with Crippen LogP contribution in [0.4, 0.5) is 10.6 Å². The molecule has 0 saturated carbocycles. The molecule has 2 heterocycles. The van der Waals surface area contributed by atoms with Crippen LogP contribution in [0.3, 0.4) is 0 Å². The van der Waals surface area contributed by atoms with Crippen LogP contribution < -0.4 is 10.2 Å². The summed E-state index contributed by atoms with van der Waals surface area (Å²) in [6.45, 7) is 1.51. The van der Waals surface area contributed by atoms with Gasteiger partial charge in [-0.25, -0.2) is 9.78 Å². The van der Waals surface area contributed by atoms with Crippen molar-refractivity contribution in [2.24, 2.45) is 0 Å². The Hall–Kier alpha value is -1.30. The first kappa shape index (κ1) is 11.2. The molecule has 0 spiro atoms. The predicted molar refractivity (Wildman–Crippen MR) is 63.7 cm³/mol. The van der Waals surface area contributed by atoms with Gasteiger partial charge in [0.25, 0.3) is 0 Å². The summed E-state index contributed by atoms with van der Waals surface area (Å²) in [5.41, 5.74) is 0. The number of hydrogen-bond acceptors (Lipinski definition) is 3. The minimum atomic E-state index is -0.962. The molecule has 86 valence electrons. The van der Waals surface area contributed by atoms with Crippen molar-refractivity contribution in [3.05, 3.63) is 22.8 Å². The molecule has 2 N–H and O–H groups in total. The zero-order chi connectivity index (χ0) is 11.5. The van der Waals surface area contributed by atoms with Crippen molar-refractivity contribution < 1.29 is 9.90 Å². The third kappa shape index (κ3) is 2.63. The van der Waals surface area contributed by atoms with Crippen LogP contribution in [0.25, 0.3) is 0 Å². The summed E-state index contributed by atoms with van der Waals surface area (Å²) in [6, 6.07) is 3.86. The Morgan fingerprint density at radius 2 is 2.44 bits per heavy atom. The molecule has 1 aliphatic heterocycles. The quantitative estimate of drug-likeness (QED) is 0.868. The van der Waals surface area contributed by atoms with Crippen LogP contribution in [0.2, 0.25) is 0 Å². The van der Waals surface area contributed by atoms with E-state index in [1.54, 1.807) is 6.20 Å². The highest BCUT2D eigenvalue weighted by Crippen LogP contribution is 2.19. The number of aromatic nitrogens is 1. The van der Waals surface area contributed by atoms with Crippen LogP contribution in [-0.2, 0) is 0 Å². The molecule has 0 bridgehead atoms. The minimum Gasteiger partial charge on any atom is -0.465 e. The van der Waals surface area contributed by atoms with Crippen LogP contribution in [0.5, 0.6) is 0 Å². The average molecular weight is 286 g/mol. The second-order valence-electron chi connectivity index (χ2n) is 3.72. The summed E-state index contributed by atoms with van der Waals surface area (Å²) in [5, 5.41) is 11.1. The molecule has 1 aromatic heterocycles. The first-order valence-corrected chi connectivity index (χ1v) is 5.80. The SMILES string of the molecule is O=C(O)N[C@@H]1CCN(c2ccc(Br)cn2)C1. The number of carbonyl (C=O) groups is 1. The second kappa shape index (κ2) is 4.69. The fraction of sp³-hybridized carbons (Fsp3) is 0.400. The van der Waals surface area contributed by atoms with Gasteiger partial charge in [0.1, 0.15) is 5.82 Å². The highest BCUT2D eigenvalue weighted by molar-refractivity contribution is 9.10. The Kier molecular flexibility index (Phi) is 3.28. The Labute approximate surface area is 102 Å². The largest absolute Gasteiger partial charge is 0.465 e. The molecule has 5 nitrogen and oxygen atoms in total. The molecule has 1 fully saturated rings. The van der Waals surface area contributed by atoms with Crippen molar-refractivity contribution in [3.63, 3.8) is 0 Å². The van der Waals surface area contributed by atoms with Gasteiger partial charge >= 0.3 is 6.09 Å². The maximum absolute atomic E-state index is 10.5. The Balaban J connectivity index is 1.98. The molecule has 1 aliphatic rings. The zero-order valence-electron chi connectivity index (χ0n) is 8.56. The Morgan fingerprint density at radius 1 is 1.62 bits per heavy atom. The number of nitrogens with zero attached hydrogens (tertiary/aromatic N) is 2. The zero-order valence-corrected chi connectivity index (χ0v) is 10.1. The molecule has 16 heavy (non-hydrogen) atoms. The number of nitrogens with one attached hydrogen (secondary N) is 1. The molecule has 0 unspecified atom stereocenters. The lowest BCUT2D eigenvalue weighted by molar-refractivity contribution is 0.191. The van der Waals surface area contributed by atoms with Gasteiger partial charge in [-0.1, -0.05) is 0 Å². The average Bonchev–Trinajstić information content (AvgIpc) is 2.66. The fourth-order valence-electron chi connectivity index (χ4n) is 1.82. The highest BCUT2D eigenvalue weighted by Gasteiger charge is 2.24. The number of amides is 1. The minimum absolute atomic E-state index is 0.00273. The third-order valence-corrected chi connectivity index (χ3v) is 3.02. The number of carboxylic acid groups (broad SMARTS) is 1. The fourth-order valence-corrected chi connectivity index (χ4v) is 2.05. The number of anilines is 1. The molecule has 0 aliphatic carbocycles. The van der Waals surface area contributed by atoms with Crippen molar-refractivity contribution >= 4 is 27.8 Å². The van der Waals surface area contributed by atoms with Gasteiger partial charge in [0, 0.05) is 23.8 Å². The van der Waals surface area contributed by atoms with Gasteiger partial charge in [0.15, 0.2) is 0 Å². The van der Waals surface area contributed by atoms with Crippen molar-refractivity contribution in [1.29, 1.82) is 0 Å². The van der Waals surface area contributed by atoms with Gasteiger partial charge in [-0.3, -0.25) is 0 Å². The standard InChI is InChI=1S/C10H12BrN3O2/c11-7-1-2-9(12-5-7)14-4-3-8(6-14)13-10(15)16/h1-2,5,8,13H,3-4,6H2,(H,15,16)/t8-/m1/s1. The van der Waals surface area contributed by atoms with E-state index in [9.17, 15) is 4.79 Å². The molecular formula is C10H12BrN3O2. The van der Waals surface area contributed by atoms with Crippen LogP contribution in [0.15, 0.2) is 22.8 Å². The number of rotatable bonds is 2. The third-order valence-electron chi connectivity index (χ3n) is 2.55. The van der Waals surface area contributed by atoms with Crippen molar-refractivity contribution in [2.45, 2.75) is 12.5 Å². The second-order valence-corrected chi connectivity index (χ2v) is 4.63. The highest BCUT2D eigenvalue weighted by atomic mass is 79.9. The van der Waals surface area contributed by atoms with E-state index in [1.165, 1.54) is 0 Å². The first-order valence-electron chi connectivity index (χ1n) is 5.01. The molecule has 1 saturated heterocycles. The van der Waals surface area contributed by atoms with Crippen LogP contribution >= 0.6 is 15.9 Å². The molecule has 2 rings (SSSR count). The Bertz CT molecular complexity index is 382. The summed E-state index contributed by atoms with van der Waals surface area (Å²) in [4.78, 5) is 16.8. The number of hydrogen-bond donors (Lipinski definition) is 2. The van der Waals surface area contributed by atoms with Gasteiger partial charge in [-0.2, -0.15) is 0 Å². The van der Waals surface area contributed by atoms with Gasteiger partial charge < -0.3 is 15.3 Å². The first-order chi connectivity index (χ1) is 7.65. The predicted octanol–water partition coefficient (Wildman–Crippen LogP) is 1.69. The van der Waals surface area contributed by atoms with Crippen molar-refractivity contribution in [3.8, 4) is 0 Å². The summed E-state index contributed by atoms with van der Waals surface area (Å²) in [6.07, 6.45) is 1.60. The van der Waals surface area contributed by atoms with Gasteiger partial charge in [-0.05, 0) is 34.5 Å². The maximum Gasteiger partial charge on any atom is 0.404 e. The van der Waals surface area contributed by atoms with Gasteiger partial charge in [0.05, 0.1) is 6.04 Å². The normalized spacial score (nSPS) is 19.8. The lowest BCUT2D eigenvalue weighted by Crippen LogP contribution is -2.36. The van der Waals surface area contributed by atoms with E-state index in [1.807, 2.05) is 12.1 Å². The monoisotopic (exact) mass is 285 g/mol. The molecule has 0 radical (unpaired) electrons. The maximum atomic E-state index is 10.5. The summed E-state index contributed by atoms with van der Waals surface area (Å²) in [7, 11) is 0. The van der Waals surface area contributed by atoms with Crippen LogP contribution in [0, 0.1) is 0 Å².